The number of fused-ring (bicyclic) bond motifs is 1. The van der Waals surface area contributed by atoms with E-state index in [0.29, 0.717) is 0 Å². The van der Waals surface area contributed by atoms with Crippen molar-refractivity contribution in [1.82, 2.24) is 0 Å². The van der Waals surface area contributed by atoms with Crippen molar-refractivity contribution in [2.75, 3.05) is 4.90 Å². The van der Waals surface area contributed by atoms with E-state index >= 15 is 0 Å². The second-order valence-electron chi connectivity index (χ2n) is 6.22. The number of halogens is 2. The van der Waals surface area contributed by atoms with Crippen LogP contribution in [-0.4, -0.2) is 34.3 Å². The van der Waals surface area contributed by atoms with Crippen LogP contribution in [0.15, 0.2) is 47.6 Å². The summed E-state index contributed by atoms with van der Waals surface area (Å²) in [6, 6.07) is 9.08. The first kappa shape index (κ1) is 19.0. The van der Waals surface area contributed by atoms with Crippen molar-refractivity contribution in [2.24, 2.45) is 11.1 Å². The molecule has 11 heteroatoms. The van der Waals surface area contributed by atoms with Crippen LogP contribution in [0.2, 0.25) is 10.0 Å². The van der Waals surface area contributed by atoms with Gasteiger partial charge in [0.15, 0.2) is 0 Å². The van der Waals surface area contributed by atoms with Gasteiger partial charge in [0.2, 0.25) is 17.8 Å². The van der Waals surface area contributed by atoms with E-state index in [-0.39, 0.29) is 32.7 Å². The van der Waals surface area contributed by atoms with Gasteiger partial charge in [-0.15, -0.1) is 0 Å². The summed E-state index contributed by atoms with van der Waals surface area (Å²) < 4.78 is 0. The normalized spacial score (nSPS) is 20.3. The molecule has 0 spiro atoms. The first-order chi connectivity index (χ1) is 13.8. The monoisotopic (exact) mass is 433 g/mol. The number of nitro groups is 1. The fourth-order valence-electron chi connectivity index (χ4n) is 3.14. The van der Waals surface area contributed by atoms with E-state index in [1.807, 2.05) is 0 Å². The summed E-state index contributed by atoms with van der Waals surface area (Å²) in [6.45, 7) is 0. The number of hydrogen-bond acceptors (Lipinski definition) is 7. The molecule has 1 saturated heterocycles. The van der Waals surface area contributed by atoms with E-state index < -0.39 is 34.5 Å². The molecule has 146 valence electrons. The van der Waals surface area contributed by atoms with Gasteiger partial charge in [-0.3, -0.25) is 24.5 Å². The molecule has 0 aromatic heterocycles. The van der Waals surface area contributed by atoms with Crippen LogP contribution in [0.25, 0.3) is 0 Å². The number of ketones is 1. The van der Waals surface area contributed by atoms with Crippen LogP contribution >= 0.6 is 23.2 Å². The lowest BCUT2D eigenvalue weighted by molar-refractivity contribution is -0.384. The van der Waals surface area contributed by atoms with Crippen molar-refractivity contribution in [3.63, 3.8) is 0 Å². The SMILES string of the molecule is O=C(C1=NO[C@@H]2C(=O)N(c3cc(Cl)ccc3Cl)C(=O)[C@@H]12)c1ccc([N+](=O)[O-])cc1. The summed E-state index contributed by atoms with van der Waals surface area (Å²) in [5.41, 5.74) is -0.312. The van der Waals surface area contributed by atoms with Crippen LogP contribution < -0.4 is 4.90 Å². The predicted molar refractivity (Wildman–Crippen MR) is 102 cm³/mol. The van der Waals surface area contributed by atoms with E-state index in [9.17, 15) is 24.5 Å². The highest BCUT2D eigenvalue weighted by Crippen LogP contribution is 2.38. The largest absolute Gasteiger partial charge is 0.381 e. The van der Waals surface area contributed by atoms with Gasteiger partial charge in [0.25, 0.3) is 11.6 Å². The molecule has 2 aromatic rings. The lowest BCUT2D eigenvalue weighted by atomic mass is 9.93. The highest BCUT2D eigenvalue weighted by Gasteiger charge is 2.57. The molecule has 2 aliphatic heterocycles. The molecule has 2 aliphatic rings. The quantitative estimate of drug-likeness (QED) is 0.316. The van der Waals surface area contributed by atoms with Gasteiger partial charge in [-0.1, -0.05) is 28.4 Å². The van der Waals surface area contributed by atoms with Crippen molar-refractivity contribution in [3.05, 3.63) is 68.2 Å². The van der Waals surface area contributed by atoms with Gasteiger partial charge in [0.05, 0.1) is 15.6 Å². The molecule has 2 heterocycles. The first-order valence-corrected chi connectivity index (χ1v) is 8.91. The summed E-state index contributed by atoms with van der Waals surface area (Å²) in [6.07, 6.45) is -1.30. The van der Waals surface area contributed by atoms with Gasteiger partial charge < -0.3 is 4.84 Å². The summed E-state index contributed by atoms with van der Waals surface area (Å²) in [4.78, 5) is 54.5. The fourth-order valence-corrected chi connectivity index (χ4v) is 3.51. The number of non-ortho nitro benzene ring substituents is 1. The maximum Gasteiger partial charge on any atom is 0.279 e. The zero-order valence-electron chi connectivity index (χ0n) is 14.2. The summed E-state index contributed by atoms with van der Waals surface area (Å²) in [7, 11) is 0. The second kappa shape index (κ2) is 6.94. The van der Waals surface area contributed by atoms with Crippen LogP contribution in [0.1, 0.15) is 10.4 Å². The molecule has 0 unspecified atom stereocenters. The molecule has 0 N–H and O–H groups in total. The number of oxime groups is 1. The van der Waals surface area contributed by atoms with Crippen LogP contribution in [0, 0.1) is 16.0 Å². The third kappa shape index (κ3) is 3.04. The molecule has 4 rings (SSSR count). The van der Waals surface area contributed by atoms with Crippen LogP contribution in [0.3, 0.4) is 0 Å². The number of rotatable bonds is 4. The van der Waals surface area contributed by atoms with Crippen LogP contribution in [0.5, 0.6) is 0 Å². The number of nitro benzene ring substituents is 1. The molecule has 0 bridgehead atoms. The number of anilines is 1. The highest BCUT2D eigenvalue weighted by atomic mass is 35.5. The van der Waals surface area contributed by atoms with Crippen molar-refractivity contribution in [1.29, 1.82) is 0 Å². The van der Waals surface area contributed by atoms with Crippen molar-refractivity contribution < 1.29 is 24.1 Å². The third-order valence-corrected chi connectivity index (χ3v) is 5.09. The minimum absolute atomic E-state index is 0.0677. The Hall–Kier alpha value is -3.30. The topological polar surface area (TPSA) is 119 Å². The molecule has 2 atom stereocenters. The maximum absolute atomic E-state index is 13.0. The summed E-state index contributed by atoms with van der Waals surface area (Å²) in [5, 5.41) is 14.8. The average Bonchev–Trinajstić information content (AvgIpc) is 3.24. The number of carbonyl (C=O) groups excluding carboxylic acids is 3. The number of nitrogens with zero attached hydrogens (tertiary/aromatic N) is 3. The van der Waals surface area contributed by atoms with Crippen molar-refractivity contribution in [2.45, 2.75) is 6.10 Å². The average molecular weight is 434 g/mol. The molecule has 0 radical (unpaired) electrons. The van der Waals surface area contributed by atoms with Crippen LogP contribution in [-0.2, 0) is 14.4 Å². The first-order valence-electron chi connectivity index (χ1n) is 8.15. The Kier molecular flexibility index (Phi) is 4.56. The third-order valence-electron chi connectivity index (χ3n) is 4.53. The summed E-state index contributed by atoms with van der Waals surface area (Å²) in [5.74, 6) is -3.37. The lowest BCUT2D eigenvalue weighted by Crippen LogP contribution is -2.34. The molecule has 2 aromatic carbocycles. The van der Waals surface area contributed by atoms with E-state index in [2.05, 4.69) is 5.16 Å². The molecule has 2 amide bonds. The Morgan fingerprint density at radius 2 is 1.79 bits per heavy atom. The predicted octanol–water partition coefficient (Wildman–Crippen LogP) is 3.03. The minimum atomic E-state index is -1.30. The number of Topliss-reactive ketones (excluding diaryl/α,β-unsaturated/α-hetero) is 1. The Balaban J connectivity index is 1.65. The lowest BCUT2D eigenvalue weighted by Gasteiger charge is -2.17. The van der Waals surface area contributed by atoms with Crippen LogP contribution in [0.4, 0.5) is 11.4 Å². The van der Waals surface area contributed by atoms with E-state index in [1.54, 1.807) is 0 Å². The van der Waals surface area contributed by atoms with E-state index in [0.717, 1.165) is 17.0 Å². The number of imide groups is 1. The van der Waals surface area contributed by atoms with Gasteiger partial charge >= 0.3 is 0 Å². The van der Waals surface area contributed by atoms with E-state index in [1.165, 1.54) is 30.3 Å². The number of hydrogen-bond donors (Lipinski definition) is 0. The summed E-state index contributed by atoms with van der Waals surface area (Å²) >= 11 is 12.0. The number of benzene rings is 2. The van der Waals surface area contributed by atoms with Gasteiger partial charge in [-0.25, -0.2) is 4.90 Å². The second-order valence-corrected chi connectivity index (χ2v) is 7.06. The molecule has 9 nitrogen and oxygen atoms in total. The molecular weight excluding hydrogens is 425 g/mol. The van der Waals surface area contributed by atoms with Crippen molar-refractivity contribution in [3.8, 4) is 0 Å². The minimum Gasteiger partial charge on any atom is -0.381 e. The van der Waals surface area contributed by atoms with Gasteiger partial charge in [-0.05, 0) is 30.3 Å². The van der Waals surface area contributed by atoms with E-state index in [4.69, 9.17) is 28.0 Å². The fraction of sp³-hybridized carbons (Fsp3) is 0.111. The molecule has 0 aliphatic carbocycles. The zero-order valence-corrected chi connectivity index (χ0v) is 15.8. The zero-order chi connectivity index (χ0) is 20.9. The number of carbonyl (C=O) groups is 3. The molecule has 1 fully saturated rings. The van der Waals surface area contributed by atoms with Crippen molar-refractivity contribution >= 4 is 57.9 Å². The smallest absolute Gasteiger partial charge is 0.279 e. The Morgan fingerprint density at radius 3 is 2.45 bits per heavy atom. The van der Waals surface area contributed by atoms with Gasteiger partial charge in [0, 0.05) is 22.7 Å². The Bertz CT molecular complexity index is 1120. The Morgan fingerprint density at radius 1 is 1.10 bits per heavy atom. The maximum atomic E-state index is 13.0. The Labute approximate surface area is 172 Å². The standard InChI is InChI=1S/C18H9Cl2N3O6/c19-9-3-6-11(20)12(7-9)22-17(25)13-14(21-29-16(13)18(22)26)15(24)8-1-4-10(5-2-8)23(27)28/h1-7,13,16H/t13-,16-/m0/s1. The number of amides is 2. The molecule has 0 saturated carbocycles. The molecular formula is C18H9Cl2N3O6. The van der Waals surface area contributed by atoms with Gasteiger partial charge in [-0.2, -0.15) is 0 Å². The highest BCUT2D eigenvalue weighted by molar-refractivity contribution is 6.53. The molecule has 29 heavy (non-hydrogen) atoms. The van der Waals surface area contributed by atoms with Gasteiger partial charge in [0.1, 0.15) is 11.6 Å².